The molecule has 0 saturated carbocycles. The summed E-state index contributed by atoms with van der Waals surface area (Å²) in [4.78, 5) is 32.7. The summed E-state index contributed by atoms with van der Waals surface area (Å²) in [5, 5.41) is 17.9. The molecule has 0 spiro atoms. The predicted molar refractivity (Wildman–Crippen MR) is 280 cm³/mol. The van der Waals surface area contributed by atoms with E-state index in [0.717, 1.165) is 136 Å². The van der Waals surface area contributed by atoms with E-state index in [0.29, 0.717) is 26.1 Å². The van der Waals surface area contributed by atoms with E-state index < -0.39 is 11.9 Å². The molecule has 68 heavy (non-hydrogen) atoms. The zero-order valence-electron chi connectivity index (χ0n) is 37.7. The monoisotopic (exact) mass is 936 g/mol. The van der Waals surface area contributed by atoms with Crippen molar-refractivity contribution < 1.29 is 29.3 Å². The fourth-order valence-electron chi connectivity index (χ4n) is 8.65. The lowest BCUT2D eigenvalue weighted by molar-refractivity contribution is -0.138. The van der Waals surface area contributed by atoms with Gasteiger partial charge in [0.25, 0.3) is 0 Å². The zero-order valence-corrected chi connectivity index (χ0v) is 39.4. The second kappa shape index (κ2) is 22.1. The van der Waals surface area contributed by atoms with Crippen molar-refractivity contribution in [3.05, 3.63) is 156 Å². The van der Waals surface area contributed by atoms with Crippen molar-refractivity contribution in [3.63, 3.8) is 0 Å². The number of rotatable bonds is 20. The SMILES string of the molecule is O=C(O)CCCCCCOc1ccc(-c2c3nc(c(-c4ccccc4)c4ccc(s4)c(-c4ccccc4)c4nc(c(-c5ccc(OCCCCCCC(=O)O)cc5)c5ccc2s5)C=C4)C=C3)cc1. The first kappa shape index (κ1) is 46.0. The number of nitrogens with zero attached hydrogens (tertiary/aromatic N) is 2. The van der Waals surface area contributed by atoms with Crippen molar-refractivity contribution >= 4 is 77.7 Å². The molecule has 10 heteroatoms. The van der Waals surface area contributed by atoms with Crippen LogP contribution in [0.4, 0.5) is 0 Å². The standard InChI is InChI=1S/C58H52N2O6S2/c61-53(62)19-11-1-3-13-37-65-43-25-21-41(22-26-43)57-47-31-29-45(59-47)55(39-15-7-5-8-16-39)49-33-34-50(67-49)56(40-17-9-6-10-18-40)46-30-32-48(60-46)58(52-36-35-51(57)68-52)42-23-27-44(28-24-42)66-38-14-4-2-12-20-54(63)64/h5-10,15-18,21-36H,1-4,11-14,19-20,37-38H2,(H,61,62)(H,63,64). The summed E-state index contributed by atoms with van der Waals surface area (Å²) in [6, 6.07) is 46.4. The molecular weight excluding hydrogens is 885 g/mol. The number of aromatic nitrogens is 2. The van der Waals surface area contributed by atoms with Crippen molar-refractivity contribution in [2.75, 3.05) is 13.2 Å². The van der Waals surface area contributed by atoms with Crippen molar-refractivity contribution in [2.24, 2.45) is 0 Å². The van der Waals surface area contributed by atoms with E-state index in [1.807, 2.05) is 36.4 Å². The summed E-state index contributed by atoms with van der Waals surface area (Å²) in [6.07, 6.45) is 15.7. The summed E-state index contributed by atoms with van der Waals surface area (Å²) in [5.74, 6) is 0.0719. The van der Waals surface area contributed by atoms with Gasteiger partial charge in [0.05, 0.1) is 36.0 Å². The highest BCUT2D eigenvalue weighted by atomic mass is 32.1. The summed E-state index contributed by atoms with van der Waals surface area (Å²) in [7, 11) is 0. The molecule has 8 nitrogen and oxygen atoms in total. The maximum atomic E-state index is 10.9. The Morgan fingerprint density at radius 3 is 1.01 bits per heavy atom. The van der Waals surface area contributed by atoms with Crippen LogP contribution in [0, 0.1) is 0 Å². The van der Waals surface area contributed by atoms with Gasteiger partial charge in [0.2, 0.25) is 0 Å². The minimum absolute atomic E-state index is 0.205. The highest BCUT2D eigenvalue weighted by Gasteiger charge is 2.19. The van der Waals surface area contributed by atoms with Gasteiger partial charge in [-0.25, -0.2) is 9.97 Å². The van der Waals surface area contributed by atoms with Gasteiger partial charge in [-0.05, 0) is 121 Å². The first-order valence-corrected chi connectivity index (χ1v) is 25.0. The molecule has 0 saturated heterocycles. The van der Waals surface area contributed by atoms with Gasteiger partial charge in [-0.3, -0.25) is 9.59 Å². The van der Waals surface area contributed by atoms with E-state index in [1.54, 1.807) is 22.7 Å². The molecule has 0 aliphatic carbocycles. The third-order valence-electron chi connectivity index (χ3n) is 12.0. The van der Waals surface area contributed by atoms with Crippen molar-refractivity contribution in [1.29, 1.82) is 0 Å². The van der Waals surface area contributed by atoms with E-state index in [9.17, 15) is 9.59 Å². The van der Waals surface area contributed by atoms with Crippen LogP contribution in [0.15, 0.2) is 133 Å². The van der Waals surface area contributed by atoms with Crippen LogP contribution in [-0.2, 0) is 9.59 Å². The fraction of sp³-hybridized carbons (Fsp3) is 0.207. The Labute approximate surface area is 404 Å². The Hall–Kier alpha value is -7.14. The maximum Gasteiger partial charge on any atom is 0.303 e. The average Bonchev–Trinajstić information content (AvgIpc) is 4.21. The molecule has 2 aliphatic heterocycles. The number of carboxylic acids is 2. The van der Waals surface area contributed by atoms with Gasteiger partial charge in [0.1, 0.15) is 11.5 Å². The molecule has 2 aliphatic rings. The molecule has 4 aromatic carbocycles. The first-order valence-electron chi connectivity index (χ1n) is 23.4. The summed E-state index contributed by atoms with van der Waals surface area (Å²) >= 11 is 3.47. The molecular formula is C58H52N2O6S2. The van der Waals surface area contributed by atoms with Gasteiger partial charge < -0.3 is 19.7 Å². The van der Waals surface area contributed by atoms with Crippen LogP contribution in [-0.4, -0.2) is 45.3 Å². The van der Waals surface area contributed by atoms with E-state index in [-0.39, 0.29) is 12.8 Å². The summed E-state index contributed by atoms with van der Waals surface area (Å²) < 4.78 is 16.7. The Morgan fingerprint density at radius 1 is 0.382 bits per heavy atom. The van der Waals surface area contributed by atoms with Gasteiger partial charge in [-0.2, -0.15) is 0 Å². The average molecular weight is 937 g/mol. The van der Waals surface area contributed by atoms with Crippen LogP contribution in [0.1, 0.15) is 87.0 Å². The lowest BCUT2D eigenvalue weighted by atomic mass is 10.0. The molecule has 7 aromatic rings. The molecule has 342 valence electrons. The van der Waals surface area contributed by atoms with Crippen LogP contribution in [0.2, 0.25) is 0 Å². The minimum Gasteiger partial charge on any atom is -0.494 e. The Kier molecular flexibility index (Phi) is 15.0. The van der Waals surface area contributed by atoms with Gasteiger partial charge in [-0.15, -0.1) is 22.7 Å². The molecule has 9 rings (SSSR count). The third-order valence-corrected chi connectivity index (χ3v) is 14.3. The van der Waals surface area contributed by atoms with Crippen LogP contribution in [0.3, 0.4) is 0 Å². The van der Waals surface area contributed by atoms with Gasteiger partial charge in [-0.1, -0.05) is 111 Å². The number of carbonyl (C=O) groups is 2. The Morgan fingerprint density at radius 2 is 0.691 bits per heavy atom. The van der Waals surface area contributed by atoms with Crippen molar-refractivity contribution in [3.8, 4) is 56.0 Å². The second-order valence-corrected chi connectivity index (χ2v) is 19.0. The van der Waals surface area contributed by atoms with Gasteiger partial charge in [0.15, 0.2) is 0 Å². The normalized spacial score (nSPS) is 11.8. The van der Waals surface area contributed by atoms with E-state index in [1.165, 1.54) is 0 Å². The Balaban J connectivity index is 1.18. The van der Waals surface area contributed by atoms with Gasteiger partial charge in [0, 0.05) is 53.9 Å². The van der Waals surface area contributed by atoms with Crippen LogP contribution >= 0.6 is 22.7 Å². The number of thiophene rings is 2. The van der Waals surface area contributed by atoms with Crippen molar-refractivity contribution in [2.45, 2.75) is 64.2 Å². The second-order valence-electron chi connectivity index (χ2n) is 16.9. The van der Waals surface area contributed by atoms with Gasteiger partial charge >= 0.3 is 11.9 Å². The summed E-state index contributed by atoms with van der Waals surface area (Å²) in [6.45, 7) is 1.13. The topological polar surface area (TPSA) is 119 Å². The molecule has 0 fully saturated rings. The highest BCUT2D eigenvalue weighted by Crippen LogP contribution is 2.43. The van der Waals surface area contributed by atoms with Crippen LogP contribution < -0.4 is 9.47 Å². The number of fused-ring (bicyclic) bond motifs is 8. The largest absolute Gasteiger partial charge is 0.494 e. The number of unbranched alkanes of at least 4 members (excludes halogenated alkanes) is 6. The van der Waals surface area contributed by atoms with Crippen LogP contribution in [0.25, 0.3) is 87.6 Å². The van der Waals surface area contributed by atoms with E-state index >= 15 is 0 Å². The lowest BCUT2D eigenvalue weighted by Crippen LogP contribution is -1.98. The fourth-order valence-corrected chi connectivity index (χ4v) is 11.0. The third kappa shape index (κ3) is 11.2. The molecule has 2 N–H and O–H groups in total. The molecule has 5 heterocycles. The lowest BCUT2D eigenvalue weighted by Gasteiger charge is -2.09. The first-order chi connectivity index (χ1) is 33.4. The molecule has 8 bridgehead atoms. The summed E-state index contributed by atoms with van der Waals surface area (Å²) in [5.41, 5.74) is 11.9. The highest BCUT2D eigenvalue weighted by molar-refractivity contribution is 7.24. The smallest absolute Gasteiger partial charge is 0.303 e. The molecule has 0 unspecified atom stereocenters. The number of hydrogen-bond donors (Lipinski definition) is 2. The molecule has 3 aromatic heterocycles. The number of aliphatic carboxylic acids is 2. The number of benzene rings is 4. The number of hydrogen-bond acceptors (Lipinski definition) is 8. The molecule has 0 atom stereocenters. The number of ether oxygens (including phenoxy) is 2. The maximum absolute atomic E-state index is 10.9. The Bertz CT molecular complexity index is 2910. The quantitative estimate of drug-likeness (QED) is 0.0725. The minimum atomic E-state index is -0.749. The van der Waals surface area contributed by atoms with E-state index in [2.05, 4.69) is 121 Å². The van der Waals surface area contributed by atoms with Crippen LogP contribution in [0.5, 0.6) is 11.5 Å². The molecule has 0 amide bonds. The van der Waals surface area contributed by atoms with E-state index in [4.69, 9.17) is 29.7 Å². The number of carboxylic acid groups (broad SMARTS) is 2. The van der Waals surface area contributed by atoms with Crippen molar-refractivity contribution in [1.82, 2.24) is 9.97 Å². The predicted octanol–water partition coefficient (Wildman–Crippen LogP) is 15.6. The zero-order chi connectivity index (χ0) is 46.7. The molecule has 0 radical (unpaired) electrons.